The molecule has 0 spiro atoms. The molecule has 2 aromatic carbocycles. The van der Waals surface area contributed by atoms with Crippen molar-refractivity contribution in [1.82, 2.24) is 14.9 Å². The largest absolute Gasteiger partial charge is 0.573 e. The second-order valence-corrected chi connectivity index (χ2v) is 7.36. The smallest absolute Gasteiger partial charge is 0.467 e. The van der Waals surface area contributed by atoms with Crippen LogP contribution in [-0.4, -0.2) is 64.4 Å². The summed E-state index contributed by atoms with van der Waals surface area (Å²) in [5.41, 5.74) is -5.08. The number of amides is 1. The van der Waals surface area contributed by atoms with E-state index in [1.165, 1.54) is 48.8 Å². The van der Waals surface area contributed by atoms with Crippen LogP contribution in [0.1, 0.15) is 16.2 Å². The van der Waals surface area contributed by atoms with Crippen LogP contribution in [-0.2, 0) is 6.54 Å². The van der Waals surface area contributed by atoms with E-state index in [2.05, 4.69) is 14.7 Å². The summed E-state index contributed by atoms with van der Waals surface area (Å²) >= 11 is 0. The molecule has 0 fully saturated rings. The highest BCUT2D eigenvalue weighted by atomic mass is 19.4. The van der Waals surface area contributed by atoms with Gasteiger partial charge in [0.1, 0.15) is 22.9 Å². The number of halogens is 3. The molecular formula is C21H14B2F3N3O5. The van der Waals surface area contributed by atoms with Crippen LogP contribution in [0.25, 0.3) is 11.1 Å². The third-order valence-electron chi connectivity index (χ3n) is 5.00. The molecule has 2 atom stereocenters. The van der Waals surface area contributed by atoms with Gasteiger partial charge in [0.2, 0.25) is 0 Å². The van der Waals surface area contributed by atoms with Crippen LogP contribution in [0.2, 0.25) is 0 Å². The summed E-state index contributed by atoms with van der Waals surface area (Å²) in [7, 11) is 11.5. The number of nitrogens with zero attached hydrogens (tertiary/aromatic N) is 3. The summed E-state index contributed by atoms with van der Waals surface area (Å²) in [5.74, 6) is -1.37. The zero-order chi connectivity index (χ0) is 24.7. The lowest BCUT2D eigenvalue weighted by molar-refractivity contribution is -0.274. The Labute approximate surface area is 193 Å². The van der Waals surface area contributed by atoms with Crippen molar-refractivity contribution in [2.24, 2.45) is 0 Å². The Bertz CT molecular complexity index is 1210. The lowest BCUT2D eigenvalue weighted by atomic mass is 9.71. The maximum Gasteiger partial charge on any atom is 0.573 e. The molecule has 0 saturated carbocycles. The average molecular weight is 467 g/mol. The van der Waals surface area contributed by atoms with Gasteiger partial charge in [-0.3, -0.25) is 4.79 Å². The van der Waals surface area contributed by atoms with Crippen molar-refractivity contribution in [3.8, 4) is 22.6 Å². The fourth-order valence-electron chi connectivity index (χ4n) is 3.30. The minimum atomic E-state index is -4.83. The van der Waals surface area contributed by atoms with Crippen LogP contribution in [0.15, 0.2) is 60.9 Å². The van der Waals surface area contributed by atoms with Crippen molar-refractivity contribution in [3.63, 3.8) is 0 Å². The predicted octanol–water partition coefficient (Wildman–Crippen LogP) is 1.71. The molecule has 2 unspecified atom stereocenters. The number of benzene rings is 2. The van der Waals surface area contributed by atoms with Gasteiger partial charge in [0.05, 0.1) is 12.1 Å². The molecule has 8 nitrogen and oxygen atoms in total. The predicted molar refractivity (Wildman–Crippen MR) is 113 cm³/mol. The number of carbonyl (C=O) groups excluding carboxylic acids is 1. The minimum absolute atomic E-state index is 0.0929. The van der Waals surface area contributed by atoms with E-state index < -0.39 is 35.9 Å². The minimum Gasteiger partial charge on any atom is -0.467 e. The summed E-state index contributed by atoms with van der Waals surface area (Å²) in [6.07, 6.45) is -2.02. The highest BCUT2D eigenvalue weighted by Crippen LogP contribution is 2.37. The van der Waals surface area contributed by atoms with E-state index in [9.17, 15) is 28.2 Å². The molecule has 0 saturated heterocycles. The van der Waals surface area contributed by atoms with Crippen LogP contribution in [0.3, 0.4) is 0 Å². The number of hydrogen-bond acceptors (Lipinski definition) is 7. The van der Waals surface area contributed by atoms with Crippen molar-refractivity contribution in [2.75, 3.05) is 0 Å². The van der Waals surface area contributed by atoms with Crippen molar-refractivity contribution in [3.05, 3.63) is 72.3 Å². The molecule has 4 radical (unpaired) electrons. The number of ether oxygens (including phenoxy) is 2. The van der Waals surface area contributed by atoms with Crippen LogP contribution in [0, 0.1) is 0 Å². The SMILES string of the molecule is [B]C1(O)Oc2ccc(-c3ccc(OC(F)(F)F)cc3)cc2C(=O)N(Cc2ncccn2)C1([B])O. The highest BCUT2D eigenvalue weighted by Gasteiger charge is 2.52. The van der Waals surface area contributed by atoms with Gasteiger partial charge >= 0.3 is 6.36 Å². The molecule has 1 amide bonds. The van der Waals surface area contributed by atoms with Gasteiger partial charge in [-0.05, 0) is 41.5 Å². The summed E-state index contributed by atoms with van der Waals surface area (Å²) < 4.78 is 46.3. The monoisotopic (exact) mass is 467 g/mol. The van der Waals surface area contributed by atoms with Gasteiger partial charge in [0.15, 0.2) is 21.4 Å². The Morgan fingerprint density at radius 2 is 1.65 bits per heavy atom. The molecule has 1 aromatic heterocycles. The van der Waals surface area contributed by atoms with Crippen molar-refractivity contribution < 1.29 is 37.7 Å². The van der Waals surface area contributed by atoms with E-state index in [0.717, 1.165) is 12.1 Å². The van der Waals surface area contributed by atoms with E-state index in [4.69, 9.17) is 20.4 Å². The third-order valence-corrected chi connectivity index (χ3v) is 5.00. The van der Waals surface area contributed by atoms with E-state index in [1.54, 1.807) is 0 Å². The van der Waals surface area contributed by atoms with E-state index in [-0.39, 0.29) is 17.1 Å². The maximum absolute atomic E-state index is 13.4. The fraction of sp³-hybridized carbons (Fsp3) is 0.190. The van der Waals surface area contributed by atoms with Gasteiger partial charge in [-0.1, -0.05) is 18.2 Å². The van der Waals surface area contributed by atoms with E-state index >= 15 is 0 Å². The number of carbonyl (C=O) groups is 1. The van der Waals surface area contributed by atoms with Crippen LogP contribution >= 0.6 is 0 Å². The summed E-state index contributed by atoms with van der Waals surface area (Å²) in [5, 5.41) is 21.3. The van der Waals surface area contributed by atoms with Crippen LogP contribution < -0.4 is 9.47 Å². The molecule has 3 aromatic rings. The number of fused-ring (bicyclic) bond motifs is 1. The molecule has 2 N–H and O–H groups in total. The standard InChI is InChI=1S/C21H14B2F3N3O5/c22-19(31)20(23,32)34-16-7-4-13(12-2-5-14(6-3-12)33-21(24,25)26)10-15(16)18(30)29(19)11-17-27-8-1-9-28-17/h1-10,31-32H,11H2. The van der Waals surface area contributed by atoms with Crippen molar-refractivity contribution >= 4 is 21.6 Å². The van der Waals surface area contributed by atoms with Gasteiger partial charge in [-0.15, -0.1) is 13.2 Å². The highest BCUT2D eigenvalue weighted by molar-refractivity contribution is 6.26. The zero-order valence-corrected chi connectivity index (χ0v) is 17.2. The first-order chi connectivity index (χ1) is 15.9. The first-order valence-corrected chi connectivity index (χ1v) is 9.67. The molecule has 2 heterocycles. The topological polar surface area (TPSA) is 105 Å². The molecule has 13 heteroatoms. The van der Waals surface area contributed by atoms with E-state index in [1.807, 2.05) is 0 Å². The van der Waals surface area contributed by atoms with Gasteiger partial charge in [-0.25, -0.2) is 9.97 Å². The Kier molecular flexibility index (Phi) is 5.78. The summed E-state index contributed by atoms with van der Waals surface area (Å²) in [6, 6.07) is 10.6. The third kappa shape index (κ3) is 4.57. The van der Waals surface area contributed by atoms with Gasteiger partial charge in [0.25, 0.3) is 5.91 Å². The molecule has 4 rings (SSSR count). The van der Waals surface area contributed by atoms with E-state index in [0.29, 0.717) is 16.0 Å². The molecule has 34 heavy (non-hydrogen) atoms. The molecule has 170 valence electrons. The van der Waals surface area contributed by atoms with Gasteiger partial charge < -0.3 is 24.6 Å². The summed E-state index contributed by atoms with van der Waals surface area (Å²) in [6.45, 7) is -0.428. The number of aromatic nitrogens is 2. The Morgan fingerprint density at radius 3 is 2.26 bits per heavy atom. The number of aliphatic hydroxyl groups is 2. The Balaban J connectivity index is 1.73. The Hall–Kier alpha value is -3.57. The van der Waals surface area contributed by atoms with Crippen LogP contribution in [0.4, 0.5) is 13.2 Å². The number of hydrogen-bond donors (Lipinski definition) is 2. The Morgan fingerprint density at radius 1 is 1.03 bits per heavy atom. The lowest BCUT2D eigenvalue weighted by Gasteiger charge is -2.44. The summed E-state index contributed by atoms with van der Waals surface area (Å²) in [4.78, 5) is 22.0. The number of rotatable bonds is 4. The molecule has 0 aliphatic carbocycles. The fourth-order valence-corrected chi connectivity index (χ4v) is 3.30. The number of alkyl halides is 3. The first-order valence-electron chi connectivity index (χ1n) is 9.67. The molecule has 1 aliphatic rings. The van der Waals surface area contributed by atoms with Crippen molar-refractivity contribution in [2.45, 2.75) is 24.2 Å². The van der Waals surface area contributed by atoms with Crippen molar-refractivity contribution in [1.29, 1.82) is 0 Å². The maximum atomic E-state index is 13.4. The average Bonchev–Trinajstić information content (AvgIpc) is 2.81. The quantitative estimate of drug-likeness (QED) is 0.564. The second kappa shape index (κ2) is 8.33. The molecule has 1 aliphatic heterocycles. The van der Waals surface area contributed by atoms with Gasteiger partial charge in [-0.2, -0.15) is 0 Å². The molecule has 0 bridgehead atoms. The lowest BCUT2D eigenvalue weighted by Crippen LogP contribution is -2.68. The zero-order valence-electron chi connectivity index (χ0n) is 17.2. The van der Waals surface area contributed by atoms with Gasteiger partial charge in [0, 0.05) is 12.4 Å². The first kappa shape index (κ1) is 23.6. The van der Waals surface area contributed by atoms with Crippen LogP contribution in [0.5, 0.6) is 11.5 Å². The normalized spacial score (nSPS) is 22.5. The molecular weight excluding hydrogens is 453 g/mol. The second-order valence-electron chi connectivity index (χ2n) is 7.36.